The van der Waals surface area contributed by atoms with Gasteiger partial charge in [0.1, 0.15) is 0 Å². The van der Waals surface area contributed by atoms with Crippen molar-refractivity contribution in [2.24, 2.45) is 5.73 Å². The van der Waals surface area contributed by atoms with Crippen molar-refractivity contribution in [1.29, 1.82) is 0 Å². The van der Waals surface area contributed by atoms with E-state index in [9.17, 15) is 13.5 Å². The second-order valence-electron chi connectivity index (χ2n) is 5.15. The SMILES string of the molecule is NCCCCS(=O)(=O)N1C2CCC1CC(O)C2. The molecular formula is C11H22N2O3S. The smallest absolute Gasteiger partial charge is 0.214 e. The van der Waals surface area contributed by atoms with Gasteiger partial charge in [0.25, 0.3) is 0 Å². The normalized spacial score (nSPS) is 34.1. The standard InChI is InChI=1S/C11H22N2O3S/c12-5-1-2-6-17(15,16)13-9-3-4-10(13)8-11(14)7-9/h9-11,14H,1-8,12H2. The van der Waals surface area contributed by atoms with Gasteiger partial charge in [0, 0.05) is 12.1 Å². The van der Waals surface area contributed by atoms with E-state index in [4.69, 9.17) is 5.73 Å². The fraction of sp³-hybridized carbons (Fsp3) is 1.00. The van der Waals surface area contributed by atoms with Crippen molar-refractivity contribution in [3.63, 3.8) is 0 Å². The summed E-state index contributed by atoms with van der Waals surface area (Å²) in [5.74, 6) is 0.202. The molecule has 2 atom stereocenters. The molecule has 5 nitrogen and oxygen atoms in total. The molecule has 0 aliphatic carbocycles. The van der Waals surface area contributed by atoms with E-state index in [1.807, 2.05) is 0 Å². The molecule has 0 aromatic rings. The minimum atomic E-state index is -3.15. The number of aliphatic hydroxyl groups is 1. The number of fused-ring (bicyclic) bond motifs is 2. The lowest BCUT2D eigenvalue weighted by Gasteiger charge is -2.36. The number of unbranched alkanes of at least 4 members (excludes halogenated alkanes) is 1. The lowest BCUT2D eigenvalue weighted by atomic mass is 10.0. The number of sulfonamides is 1. The predicted octanol–water partition coefficient (Wildman–Crippen LogP) is 0.0428. The van der Waals surface area contributed by atoms with Gasteiger partial charge in [0.05, 0.1) is 11.9 Å². The zero-order valence-corrected chi connectivity index (χ0v) is 10.9. The second kappa shape index (κ2) is 5.22. The first-order chi connectivity index (χ1) is 8.04. The number of hydrogen-bond donors (Lipinski definition) is 2. The Labute approximate surface area is 103 Å². The summed E-state index contributed by atoms with van der Waals surface area (Å²) in [6.07, 6.45) is 4.08. The van der Waals surface area contributed by atoms with Crippen LogP contribution in [0, 0.1) is 0 Å². The van der Waals surface area contributed by atoms with E-state index in [1.54, 1.807) is 4.31 Å². The molecule has 17 heavy (non-hydrogen) atoms. The Kier molecular flexibility index (Phi) is 4.07. The molecule has 0 aromatic heterocycles. The van der Waals surface area contributed by atoms with Crippen molar-refractivity contribution < 1.29 is 13.5 Å². The topological polar surface area (TPSA) is 83.6 Å². The number of nitrogens with zero attached hydrogens (tertiary/aromatic N) is 1. The Hall–Kier alpha value is -0.170. The number of hydrogen-bond acceptors (Lipinski definition) is 4. The summed E-state index contributed by atoms with van der Waals surface area (Å²) in [6.45, 7) is 0.543. The van der Waals surface area contributed by atoms with Crippen molar-refractivity contribution in [3.05, 3.63) is 0 Å². The third-order valence-corrected chi connectivity index (χ3v) is 5.86. The molecule has 2 unspecified atom stereocenters. The quantitative estimate of drug-likeness (QED) is 0.685. The van der Waals surface area contributed by atoms with Crippen LogP contribution in [0.1, 0.15) is 38.5 Å². The molecule has 2 aliphatic rings. The van der Waals surface area contributed by atoms with Crippen LogP contribution in [0.5, 0.6) is 0 Å². The molecule has 2 aliphatic heterocycles. The summed E-state index contributed by atoms with van der Waals surface area (Å²) in [6, 6.07) is 0.0678. The lowest BCUT2D eigenvalue weighted by molar-refractivity contribution is 0.0769. The second-order valence-corrected chi connectivity index (χ2v) is 7.15. The van der Waals surface area contributed by atoms with Crippen molar-refractivity contribution in [2.75, 3.05) is 12.3 Å². The first-order valence-corrected chi connectivity index (χ1v) is 8.05. The lowest BCUT2D eigenvalue weighted by Crippen LogP contribution is -2.48. The highest BCUT2D eigenvalue weighted by atomic mass is 32.2. The number of aliphatic hydroxyl groups excluding tert-OH is 1. The average molecular weight is 262 g/mol. The molecule has 0 radical (unpaired) electrons. The maximum absolute atomic E-state index is 12.2. The van der Waals surface area contributed by atoms with Gasteiger partial charge in [0.2, 0.25) is 10.0 Å². The van der Waals surface area contributed by atoms with Crippen LogP contribution in [-0.2, 0) is 10.0 Å². The predicted molar refractivity (Wildman–Crippen MR) is 66.0 cm³/mol. The summed E-state index contributed by atoms with van der Waals surface area (Å²) in [7, 11) is -3.15. The van der Waals surface area contributed by atoms with Crippen LogP contribution in [0.25, 0.3) is 0 Å². The van der Waals surface area contributed by atoms with E-state index in [1.165, 1.54) is 0 Å². The Bertz CT molecular complexity index is 344. The molecule has 2 saturated heterocycles. The molecule has 3 N–H and O–H groups in total. The third kappa shape index (κ3) is 2.81. The van der Waals surface area contributed by atoms with Gasteiger partial charge in [-0.25, -0.2) is 8.42 Å². The minimum absolute atomic E-state index is 0.0339. The van der Waals surface area contributed by atoms with Gasteiger partial charge in [-0.05, 0) is 45.1 Å². The number of piperidine rings is 1. The van der Waals surface area contributed by atoms with E-state index in [0.29, 0.717) is 25.8 Å². The molecule has 2 rings (SSSR count). The summed E-state index contributed by atoms with van der Waals surface area (Å²) >= 11 is 0. The first kappa shape index (κ1) is 13.3. The zero-order chi connectivity index (χ0) is 12.5. The Morgan fingerprint density at radius 3 is 2.29 bits per heavy atom. The van der Waals surface area contributed by atoms with Gasteiger partial charge in [-0.1, -0.05) is 0 Å². The Morgan fingerprint density at radius 2 is 1.76 bits per heavy atom. The van der Waals surface area contributed by atoms with Gasteiger partial charge in [-0.3, -0.25) is 0 Å². The van der Waals surface area contributed by atoms with Crippen molar-refractivity contribution in [1.82, 2.24) is 4.31 Å². The molecule has 2 bridgehead atoms. The van der Waals surface area contributed by atoms with E-state index in [0.717, 1.165) is 19.3 Å². The van der Waals surface area contributed by atoms with Gasteiger partial charge in [0.15, 0.2) is 0 Å². The van der Waals surface area contributed by atoms with Crippen LogP contribution in [0.2, 0.25) is 0 Å². The van der Waals surface area contributed by atoms with Crippen LogP contribution in [0.3, 0.4) is 0 Å². The van der Waals surface area contributed by atoms with Gasteiger partial charge >= 0.3 is 0 Å². The molecular weight excluding hydrogens is 240 g/mol. The van der Waals surface area contributed by atoms with Crippen LogP contribution in [-0.4, -0.2) is 48.3 Å². The maximum Gasteiger partial charge on any atom is 0.214 e. The Balaban J connectivity index is 2.02. The summed E-state index contributed by atoms with van der Waals surface area (Å²) in [5, 5.41) is 9.65. The number of nitrogens with two attached hydrogens (primary N) is 1. The van der Waals surface area contributed by atoms with Crippen molar-refractivity contribution in [2.45, 2.75) is 56.7 Å². The first-order valence-electron chi connectivity index (χ1n) is 6.44. The fourth-order valence-electron chi connectivity index (χ4n) is 3.09. The van der Waals surface area contributed by atoms with Gasteiger partial charge in [-0.15, -0.1) is 0 Å². The van der Waals surface area contributed by atoms with Gasteiger partial charge in [-0.2, -0.15) is 4.31 Å². The molecule has 6 heteroatoms. The van der Waals surface area contributed by atoms with Crippen molar-refractivity contribution >= 4 is 10.0 Å². The minimum Gasteiger partial charge on any atom is -0.393 e. The van der Waals surface area contributed by atoms with Crippen molar-refractivity contribution in [3.8, 4) is 0 Å². The highest BCUT2D eigenvalue weighted by Crippen LogP contribution is 2.38. The molecule has 100 valence electrons. The zero-order valence-electron chi connectivity index (χ0n) is 10.1. The van der Waals surface area contributed by atoms with Crippen LogP contribution in [0.4, 0.5) is 0 Å². The molecule has 0 amide bonds. The third-order valence-electron chi connectivity index (χ3n) is 3.82. The van der Waals surface area contributed by atoms with E-state index >= 15 is 0 Å². The van der Waals surface area contributed by atoms with Crippen LogP contribution >= 0.6 is 0 Å². The van der Waals surface area contributed by atoms with Crippen LogP contribution < -0.4 is 5.73 Å². The molecule has 0 aromatic carbocycles. The molecule has 0 saturated carbocycles. The molecule has 2 fully saturated rings. The molecule has 0 spiro atoms. The van der Waals surface area contributed by atoms with E-state index in [-0.39, 0.29) is 23.9 Å². The maximum atomic E-state index is 12.2. The fourth-order valence-corrected chi connectivity index (χ4v) is 5.16. The van der Waals surface area contributed by atoms with Gasteiger partial charge < -0.3 is 10.8 Å². The monoisotopic (exact) mass is 262 g/mol. The highest BCUT2D eigenvalue weighted by Gasteiger charge is 2.45. The molecule has 2 heterocycles. The average Bonchev–Trinajstić information content (AvgIpc) is 2.53. The van der Waals surface area contributed by atoms with E-state index in [2.05, 4.69) is 0 Å². The highest BCUT2D eigenvalue weighted by molar-refractivity contribution is 7.89. The number of rotatable bonds is 5. The summed E-state index contributed by atoms with van der Waals surface area (Å²) in [5.41, 5.74) is 5.38. The summed E-state index contributed by atoms with van der Waals surface area (Å²) in [4.78, 5) is 0. The van der Waals surface area contributed by atoms with Crippen LogP contribution in [0.15, 0.2) is 0 Å². The summed E-state index contributed by atoms with van der Waals surface area (Å²) < 4.78 is 26.1. The largest absolute Gasteiger partial charge is 0.393 e. The van der Waals surface area contributed by atoms with E-state index < -0.39 is 10.0 Å². The Morgan fingerprint density at radius 1 is 1.18 bits per heavy atom.